The molecule has 16 heteroatoms. The molecule has 2 N–H and O–H groups in total. The molecule has 2 aromatic carbocycles. The summed E-state index contributed by atoms with van der Waals surface area (Å²) in [4.78, 5) is 46.6. The van der Waals surface area contributed by atoms with Crippen molar-refractivity contribution in [2.24, 2.45) is 0 Å². The van der Waals surface area contributed by atoms with Gasteiger partial charge in [-0.3, -0.25) is 0 Å². The molecular weight excluding hydrogens is 652 g/mol. The highest BCUT2D eigenvalue weighted by Gasteiger charge is 2.45. The molecule has 248 valence electrons. The minimum atomic E-state index is -1.80. The van der Waals surface area contributed by atoms with Gasteiger partial charge in [0, 0.05) is 54.4 Å². The number of H-pyrrole nitrogens is 2. The Bertz CT molecular complexity index is 2610. The highest BCUT2D eigenvalue weighted by molar-refractivity contribution is 6.12. The molecule has 0 fully saturated rings. The van der Waals surface area contributed by atoms with E-state index in [4.69, 9.17) is 23.7 Å². The molecule has 0 aliphatic heterocycles. The number of ether oxygens (including phenoxy) is 3. The minimum Gasteiger partial charge on any atom is -0.485 e. The van der Waals surface area contributed by atoms with Gasteiger partial charge in [0.15, 0.2) is 23.0 Å². The number of imidazole rings is 1. The minimum absolute atomic E-state index is 0.120. The summed E-state index contributed by atoms with van der Waals surface area (Å²) in [5.74, 6) is 0.0964. The maximum absolute atomic E-state index is 6.58. The van der Waals surface area contributed by atoms with Crippen molar-refractivity contribution < 1.29 is 18.7 Å². The molecule has 0 saturated carbocycles. The molecule has 0 aliphatic carbocycles. The highest BCUT2D eigenvalue weighted by Crippen LogP contribution is 2.41. The summed E-state index contributed by atoms with van der Waals surface area (Å²) < 4.78 is 24.6. The van der Waals surface area contributed by atoms with Gasteiger partial charge in [-0.25, -0.2) is 44.9 Å². The van der Waals surface area contributed by atoms with Crippen LogP contribution in [0.5, 0.6) is 11.5 Å². The summed E-state index contributed by atoms with van der Waals surface area (Å²) in [6, 6.07) is 17.2. The first-order chi connectivity index (χ1) is 25.2. The van der Waals surface area contributed by atoms with Crippen LogP contribution in [0.25, 0.3) is 55.8 Å². The second-order valence-electron chi connectivity index (χ2n) is 11.1. The van der Waals surface area contributed by atoms with Crippen LogP contribution in [0, 0.1) is 0 Å². The fourth-order valence-corrected chi connectivity index (χ4v) is 5.85. The average molecular weight is 677 g/mol. The van der Waals surface area contributed by atoms with E-state index >= 15 is 0 Å². The molecular formula is C35H24N12O4. The van der Waals surface area contributed by atoms with Gasteiger partial charge in [-0.15, -0.1) is 0 Å². The zero-order valence-electron chi connectivity index (χ0n) is 26.6. The zero-order valence-corrected chi connectivity index (χ0v) is 26.6. The molecule has 0 saturated heterocycles. The molecule has 7 heterocycles. The number of nitrogens with zero attached hydrogens (tertiary/aromatic N) is 10. The Morgan fingerprint density at radius 3 is 2.43 bits per heavy atom. The predicted octanol–water partition coefficient (Wildman–Crippen LogP) is 5.18. The van der Waals surface area contributed by atoms with Crippen molar-refractivity contribution in [2.75, 3.05) is 7.11 Å². The number of methoxy groups -OCH3 is 1. The van der Waals surface area contributed by atoms with E-state index in [0.29, 0.717) is 34.0 Å². The maximum atomic E-state index is 6.58. The Kier molecular flexibility index (Phi) is 7.24. The van der Waals surface area contributed by atoms with Crippen LogP contribution < -0.4 is 9.47 Å². The highest BCUT2D eigenvalue weighted by atomic mass is 16.7. The van der Waals surface area contributed by atoms with Crippen molar-refractivity contribution >= 4 is 33.0 Å². The molecule has 51 heavy (non-hydrogen) atoms. The van der Waals surface area contributed by atoms with E-state index in [1.54, 1.807) is 55.4 Å². The van der Waals surface area contributed by atoms with Crippen molar-refractivity contribution in [3.63, 3.8) is 0 Å². The van der Waals surface area contributed by atoms with Crippen molar-refractivity contribution in [1.82, 2.24) is 60.0 Å². The lowest BCUT2D eigenvalue weighted by Gasteiger charge is -2.28. The molecule has 7 aromatic heterocycles. The molecule has 9 rings (SSSR count). The van der Waals surface area contributed by atoms with Crippen LogP contribution >= 0.6 is 0 Å². The molecule has 0 amide bonds. The first kappa shape index (κ1) is 29.9. The van der Waals surface area contributed by atoms with E-state index in [9.17, 15) is 0 Å². The third kappa shape index (κ3) is 5.22. The lowest BCUT2D eigenvalue weighted by atomic mass is 10.0. The lowest BCUT2D eigenvalue weighted by molar-refractivity contribution is -0.149. The quantitative estimate of drug-likeness (QED) is 0.179. The van der Waals surface area contributed by atoms with Crippen LogP contribution in [-0.2, 0) is 17.1 Å². The second kappa shape index (κ2) is 12.4. The van der Waals surface area contributed by atoms with Crippen LogP contribution in [0.15, 0.2) is 109 Å². The number of benzene rings is 2. The van der Waals surface area contributed by atoms with Gasteiger partial charge in [0.2, 0.25) is 17.4 Å². The Morgan fingerprint density at radius 1 is 0.745 bits per heavy atom. The number of fused-ring (bicyclic) bond motifs is 4. The molecule has 16 nitrogen and oxygen atoms in total. The number of rotatable bonds is 10. The van der Waals surface area contributed by atoms with E-state index in [2.05, 4.69) is 61.1 Å². The standard InChI is InChI=1S/C35H24N12O4/c1-48-35(33-40-13-5-14-41-33,34-46-24-16-36-19-42-31(24)47-34)50-26-17-43-51-30(26)32-39-15-10-23(45-32)28-25(49-18-27-37-11-4-12-38-27)9-8-21-20-6-2-3-7-22(20)44-29(21)28/h2-17,19,44H,18H2,1H3,(H,36,42,46,47). The SMILES string of the molecule is COC(Oc1cnoc1-c1nccc(-c2c(OCc3ncccn3)ccc3c2[nH]c2ccccc23)n1)(c1ncccn1)c1nc2ncncc2[nH]1. The zero-order chi connectivity index (χ0) is 34.2. The van der Waals surface area contributed by atoms with E-state index in [0.717, 1.165) is 21.8 Å². The molecule has 1 atom stereocenters. The fourth-order valence-electron chi connectivity index (χ4n) is 5.85. The lowest BCUT2D eigenvalue weighted by Crippen LogP contribution is -2.39. The van der Waals surface area contributed by atoms with Gasteiger partial charge in [0.25, 0.3) is 0 Å². The fraction of sp³-hybridized carbons (Fsp3) is 0.0857. The summed E-state index contributed by atoms with van der Waals surface area (Å²) in [5.41, 5.74) is 3.99. The van der Waals surface area contributed by atoms with Crippen molar-refractivity contribution in [1.29, 1.82) is 0 Å². The summed E-state index contributed by atoms with van der Waals surface area (Å²) in [6.07, 6.45) is 12.5. The Hall–Kier alpha value is -7.20. The van der Waals surface area contributed by atoms with Gasteiger partial charge < -0.3 is 28.7 Å². The Labute approximate surface area is 287 Å². The number of aromatic amines is 2. The molecule has 0 aliphatic rings. The van der Waals surface area contributed by atoms with Gasteiger partial charge in [0.1, 0.15) is 30.4 Å². The number of hydrogen-bond donors (Lipinski definition) is 2. The largest absolute Gasteiger partial charge is 0.485 e. The van der Waals surface area contributed by atoms with E-state index < -0.39 is 5.79 Å². The molecule has 0 spiro atoms. The summed E-state index contributed by atoms with van der Waals surface area (Å²) in [7, 11) is 1.45. The van der Waals surface area contributed by atoms with Gasteiger partial charge in [-0.05, 0) is 36.4 Å². The summed E-state index contributed by atoms with van der Waals surface area (Å²) in [5, 5.41) is 6.09. The predicted molar refractivity (Wildman–Crippen MR) is 181 cm³/mol. The molecule has 0 radical (unpaired) electrons. The second-order valence-corrected chi connectivity index (χ2v) is 11.1. The molecule has 9 aromatic rings. The van der Waals surface area contributed by atoms with Crippen LogP contribution in [0.3, 0.4) is 0 Å². The van der Waals surface area contributed by atoms with Crippen LogP contribution in [0.4, 0.5) is 0 Å². The van der Waals surface area contributed by atoms with Gasteiger partial charge in [-0.2, -0.15) is 0 Å². The van der Waals surface area contributed by atoms with E-state index in [1.165, 1.54) is 19.6 Å². The average Bonchev–Trinajstić information content (AvgIpc) is 3.94. The third-order valence-corrected chi connectivity index (χ3v) is 8.15. The topological polar surface area (TPSA) is 201 Å². The van der Waals surface area contributed by atoms with Crippen molar-refractivity contribution in [3.8, 4) is 34.3 Å². The smallest absolute Gasteiger partial charge is 0.332 e. The van der Waals surface area contributed by atoms with Crippen molar-refractivity contribution in [2.45, 2.75) is 12.4 Å². The normalized spacial score (nSPS) is 12.7. The van der Waals surface area contributed by atoms with Gasteiger partial charge >= 0.3 is 5.79 Å². The molecule has 1 unspecified atom stereocenters. The maximum Gasteiger partial charge on any atom is 0.332 e. The number of hydrogen-bond acceptors (Lipinski definition) is 14. The van der Waals surface area contributed by atoms with Crippen molar-refractivity contribution in [3.05, 3.63) is 122 Å². The van der Waals surface area contributed by atoms with Crippen LogP contribution in [0.1, 0.15) is 17.5 Å². The number of para-hydroxylation sites is 1. The third-order valence-electron chi connectivity index (χ3n) is 8.15. The van der Waals surface area contributed by atoms with E-state index in [-0.39, 0.29) is 35.6 Å². The Morgan fingerprint density at radius 2 is 1.59 bits per heavy atom. The molecule has 0 bridgehead atoms. The summed E-state index contributed by atoms with van der Waals surface area (Å²) >= 11 is 0. The van der Waals surface area contributed by atoms with Gasteiger partial charge in [-0.1, -0.05) is 23.4 Å². The van der Waals surface area contributed by atoms with Crippen LogP contribution in [-0.4, -0.2) is 67.1 Å². The number of aromatic nitrogens is 12. The van der Waals surface area contributed by atoms with E-state index in [1.807, 2.05) is 30.3 Å². The van der Waals surface area contributed by atoms with Gasteiger partial charge in [0.05, 0.1) is 23.0 Å². The first-order valence-corrected chi connectivity index (χ1v) is 15.6. The summed E-state index contributed by atoms with van der Waals surface area (Å²) in [6.45, 7) is 0.144. The first-order valence-electron chi connectivity index (χ1n) is 15.6. The monoisotopic (exact) mass is 676 g/mol. The Balaban J connectivity index is 1.15. The van der Waals surface area contributed by atoms with Crippen LogP contribution in [0.2, 0.25) is 0 Å². The number of nitrogens with one attached hydrogen (secondary N) is 2.